The number of hydrogen-bond acceptors (Lipinski definition) is 6. The monoisotopic (exact) mass is 364 g/mol. The highest BCUT2D eigenvalue weighted by atomic mass is 16.5. The van der Waals surface area contributed by atoms with Crippen LogP contribution in [0.3, 0.4) is 0 Å². The molecule has 0 spiro atoms. The number of hydrogen-bond donors (Lipinski definition) is 2. The predicted octanol–water partition coefficient (Wildman–Crippen LogP) is -1.10. The fourth-order valence-corrected chi connectivity index (χ4v) is 3.15. The van der Waals surface area contributed by atoms with Gasteiger partial charge >= 0.3 is 0 Å². The third-order valence-electron chi connectivity index (χ3n) is 4.63. The SMILES string of the molecule is CN(C)CCNC(=O)c1cc2n(n1)CCN(C(=O)C[C@H]1CNCCO1)C2. The van der Waals surface area contributed by atoms with E-state index < -0.39 is 0 Å². The van der Waals surface area contributed by atoms with Gasteiger partial charge in [-0.2, -0.15) is 5.10 Å². The molecule has 144 valence electrons. The van der Waals surface area contributed by atoms with E-state index in [1.165, 1.54) is 0 Å². The van der Waals surface area contributed by atoms with Crippen LogP contribution < -0.4 is 10.6 Å². The number of amides is 2. The van der Waals surface area contributed by atoms with Gasteiger partial charge in [0.05, 0.1) is 37.9 Å². The fraction of sp³-hybridized carbons (Fsp3) is 0.706. The van der Waals surface area contributed by atoms with E-state index in [0.717, 1.165) is 25.3 Å². The van der Waals surface area contributed by atoms with Gasteiger partial charge in [0.2, 0.25) is 5.91 Å². The second kappa shape index (κ2) is 8.61. The Morgan fingerprint density at radius 1 is 1.42 bits per heavy atom. The van der Waals surface area contributed by atoms with Gasteiger partial charge in [0.25, 0.3) is 5.91 Å². The molecule has 9 heteroatoms. The number of likely N-dealkylation sites (N-methyl/N-ethyl adjacent to an activating group) is 1. The van der Waals surface area contributed by atoms with Gasteiger partial charge in [-0.3, -0.25) is 14.3 Å². The van der Waals surface area contributed by atoms with Crippen molar-refractivity contribution in [2.75, 3.05) is 53.4 Å². The second-order valence-corrected chi connectivity index (χ2v) is 7.02. The zero-order chi connectivity index (χ0) is 18.5. The summed E-state index contributed by atoms with van der Waals surface area (Å²) in [7, 11) is 3.92. The Morgan fingerprint density at radius 2 is 2.27 bits per heavy atom. The molecule has 1 aromatic heterocycles. The molecule has 2 amide bonds. The van der Waals surface area contributed by atoms with Crippen LogP contribution >= 0.6 is 0 Å². The summed E-state index contributed by atoms with van der Waals surface area (Å²) < 4.78 is 7.44. The third-order valence-corrected chi connectivity index (χ3v) is 4.63. The summed E-state index contributed by atoms with van der Waals surface area (Å²) >= 11 is 0. The summed E-state index contributed by atoms with van der Waals surface area (Å²) in [5.41, 5.74) is 1.30. The number of rotatable bonds is 6. The van der Waals surface area contributed by atoms with Crippen LogP contribution in [0.25, 0.3) is 0 Å². The highest BCUT2D eigenvalue weighted by Gasteiger charge is 2.26. The lowest BCUT2D eigenvalue weighted by atomic mass is 10.2. The van der Waals surface area contributed by atoms with Crippen LogP contribution in [-0.2, 0) is 22.6 Å². The molecule has 2 aliphatic rings. The Kier molecular flexibility index (Phi) is 6.23. The van der Waals surface area contributed by atoms with E-state index in [4.69, 9.17) is 4.74 Å². The van der Waals surface area contributed by atoms with E-state index >= 15 is 0 Å². The predicted molar refractivity (Wildman–Crippen MR) is 95.8 cm³/mol. The summed E-state index contributed by atoms with van der Waals surface area (Å²) in [6.45, 7) is 5.26. The Labute approximate surface area is 153 Å². The minimum atomic E-state index is -0.173. The van der Waals surface area contributed by atoms with Crippen molar-refractivity contribution < 1.29 is 14.3 Å². The van der Waals surface area contributed by atoms with Crippen LogP contribution in [0.15, 0.2) is 6.07 Å². The molecule has 2 N–H and O–H groups in total. The highest BCUT2D eigenvalue weighted by Crippen LogP contribution is 2.16. The average molecular weight is 364 g/mol. The molecule has 0 unspecified atom stereocenters. The standard InChI is InChI=1S/C17H28N6O3/c1-21(2)5-3-19-17(25)15-9-13-12-22(6-7-23(13)20-15)16(24)10-14-11-18-4-8-26-14/h9,14,18H,3-8,10-12H2,1-2H3,(H,19,25)/t14-/m0/s1. The van der Waals surface area contributed by atoms with Crippen molar-refractivity contribution in [2.24, 2.45) is 0 Å². The van der Waals surface area contributed by atoms with Crippen LogP contribution in [0.4, 0.5) is 0 Å². The third kappa shape index (κ3) is 4.80. The Hall–Kier alpha value is -1.97. The molecule has 0 saturated carbocycles. The first kappa shape index (κ1) is 18.8. The second-order valence-electron chi connectivity index (χ2n) is 7.02. The Balaban J connectivity index is 1.54. The molecule has 0 radical (unpaired) electrons. The Bertz CT molecular complexity index is 638. The number of nitrogens with zero attached hydrogens (tertiary/aromatic N) is 4. The zero-order valence-corrected chi connectivity index (χ0v) is 15.5. The van der Waals surface area contributed by atoms with Gasteiger partial charge in [-0.05, 0) is 20.2 Å². The molecule has 26 heavy (non-hydrogen) atoms. The molecule has 0 aliphatic carbocycles. The van der Waals surface area contributed by atoms with E-state index in [1.807, 2.05) is 28.6 Å². The molecular weight excluding hydrogens is 336 g/mol. The van der Waals surface area contributed by atoms with Crippen molar-refractivity contribution in [3.05, 3.63) is 17.5 Å². The maximum absolute atomic E-state index is 12.5. The molecule has 1 fully saturated rings. The summed E-state index contributed by atoms with van der Waals surface area (Å²) in [5.74, 6) is -0.0866. The quantitative estimate of drug-likeness (QED) is 0.666. The fourth-order valence-electron chi connectivity index (χ4n) is 3.15. The van der Waals surface area contributed by atoms with Crippen LogP contribution in [0.1, 0.15) is 22.6 Å². The first-order chi connectivity index (χ1) is 12.5. The topological polar surface area (TPSA) is 91.7 Å². The number of ether oxygens (including phenoxy) is 1. The van der Waals surface area contributed by atoms with Crippen molar-refractivity contribution in [1.29, 1.82) is 0 Å². The van der Waals surface area contributed by atoms with Gasteiger partial charge < -0.3 is 25.2 Å². The first-order valence-corrected chi connectivity index (χ1v) is 9.12. The summed E-state index contributed by atoms with van der Waals surface area (Å²) in [4.78, 5) is 28.6. The summed E-state index contributed by atoms with van der Waals surface area (Å²) in [6, 6.07) is 1.78. The zero-order valence-electron chi connectivity index (χ0n) is 15.5. The van der Waals surface area contributed by atoms with Gasteiger partial charge in [0.15, 0.2) is 5.69 Å². The van der Waals surface area contributed by atoms with E-state index in [2.05, 4.69) is 15.7 Å². The van der Waals surface area contributed by atoms with E-state index in [-0.39, 0.29) is 17.9 Å². The number of carbonyl (C=O) groups excluding carboxylic acids is 2. The highest BCUT2D eigenvalue weighted by molar-refractivity contribution is 5.92. The molecule has 1 aromatic rings. The van der Waals surface area contributed by atoms with E-state index in [0.29, 0.717) is 44.9 Å². The van der Waals surface area contributed by atoms with E-state index in [1.54, 1.807) is 6.07 Å². The number of nitrogens with one attached hydrogen (secondary N) is 2. The van der Waals surface area contributed by atoms with Crippen LogP contribution in [-0.4, -0.2) is 90.9 Å². The average Bonchev–Trinajstić information content (AvgIpc) is 3.05. The smallest absolute Gasteiger partial charge is 0.271 e. The number of morpholine rings is 1. The number of carbonyl (C=O) groups is 2. The van der Waals surface area contributed by atoms with Gasteiger partial charge in [-0.15, -0.1) is 0 Å². The summed E-state index contributed by atoms with van der Waals surface area (Å²) in [5, 5.41) is 10.5. The molecule has 0 aromatic carbocycles. The molecule has 0 bridgehead atoms. The van der Waals surface area contributed by atoms with Gasteiger partial charge in [-0.1, -0.05) is 0 Å². The molecule has 2 aliphatic heterocycles. The molecule has 1 atom stereocenters. The van der Waals surface area contributed by atoms with Crippen molar-refractivity contribution in [1.82, 2.24) is 30.2 Å². The normalized spacial score (nSPS) is 20.1. The van der Waals surface area contributed by atoms with Crippen molar-refractivity contribution >= 4 is 11.8 Å². The van der Waals surface area contributed by atoms with Gasteiger partial charge in [0, 0.05) is 32.7 Å². The van der Waals surface area contributed by atoms with Gasteiger partial charge in [0.1, 0.15) is 0 Å². The number of fused-ring (bicyclic) bond motifs is 1. The largest absolute Gasteiger partial charge is 0.375 e. The number of aromatic nitrogens is 2. The minimum Gasteiger partial charge on any atom is -0.375 e. The lowest BCUT2D eigenvalue weighted by molar-refractivity contribution is -0.136. The van der Waals surface area contributed by atoms with Crippen LogP contribution in [0.5, 0.6) is 0 Å². The van der Waals surface area contributed by atoms with Crippen molar-refractivity contribution in [3.63, 3.8) is 0 Å². The minimum absolute atomic E-state index is 0.0545. The van der Waals surface area contributed by atoms with Crippen LogP contribution in [0, 0.1) is 0 Å². The van der Waals surface area contributed by atoms with Crippen molar-refractivity contribution in [2.45, 2.75) is 25.6 Å². The van der Waals surface area contributed by atoms with Crippen LogP contribution in [0.2, 0.25) is 0 Å². The maximum atomic E-state index is 12.5. The first-order valence-electron chi connectivity index (χ1n) is 9.12. The van der Waals surface area contributed by atoms with E-state index in [9.17, 15) is 9.59 Å². The molecular formula is C17H28N6O3. The lowest BCUT2D eigenvalue weighted by Gasteiger charge is -2.30. The maximum Gasteiger partial charge on any atom is 0.271 e. The Morgan fingerprint density at radius 3 is 3.00 bits per heavy atom. The summed E-state index contributed by atoms with van der Waals surface area (Å²) in [6.07, 6.45) is 0.333. The molecule has 3 rings (SSSR count). The molecule has 3 heterocycles. The lowest BCUT2D eigenvalue weighted by Crippen LogP contribution is -2.44. The molecule has 9 nitrogen and oxygen atoms in total. The molecule has 1 saturated heterocycles. The van der Waals surface area contributed by atoms with Crippen molar-refractivity contribution in [3.8, 4) is 0 Å². The van der Waals surface area contributed by atoms with Gasteiger partial charge in [-0.25, -0.2) is 0 Å².